The van der Waals surface area contributed by atoms with Gasteiger partial charge in [-0.05, 0) is 88.3 Å². The number of nitrogens with zero attached hydrogens (tertiary/aromatic N) is 3. The fourth-order valence-corrected chi connectivity index (χ4v) is 5.02. The van der Waals surface area contributed by atoms with Gasteiger partial charge in [-0.2, -0.15) is 0 Å². The Balaban J connectivity index is 1.32. The van der Waals surface area contributed by atoms with Crippen molar-refractivity contribution in [3.05, 3.63) is 0 Å². The number of carbonyl (C=O) groups excluding carboxylic acids is 1. The Bertz CT molecular complexity index is 429. The van der Waals surface area contributed by atoms with Gasteiger partial charge in [-0.1, -0.05) is 20.8 Å². The highest BCUT2D eigenvalue weighted by Crippen LogP contribution is 2.27. The number of hydrogen-bond acceptors (Lipinski definition) is 2. The second kappa shape index (κ2) is 9.43. The van der Waals surface area contributed by atoms with E-state index in [9.17, 15) is 4.79 Å². The molecule has 3 aliphatic heterocycles. The summed E-state index contributed by atoms with van der Waals surface area (Å²) in [6.07, 6.45) is 8.87. The standard InChI is InChI=1S/C22H41N3O/c1-18(2)21-9-12-23(13-10-21)11-6-20-7-16-25(17-8-20)22(26)24-14-4-19(3)5-15-24/h18-21H,4-17H2,1-3H3. The minimum Gasteiger partial charge on any atom is -0.325 e. The van der Waals surface area contributed by atoms with Crippen LogP contribution in [0.25, 0.3) is 0 Å². The topological polar surface area (TPSA) is 26.8 Å². The molecule has 3 rings (SSSR count). The minimum atomic E-state index is 0.311. The van der Waals surface area contributed by atoms with Gasteiger partial charge >= 0.3 is 6.03 Å². The summed E-state index contributed by atoms with van der Waals surface area (Å²) in [6, 6.07) is 0.311. The van der Waals surface area contributed by atoms with Crippen LogP contribution >= 0.6 is 0 Å². The first-order valence-electron chi connectivity index (χ1n) is 11.3. The van der Waals surface area contributed by atoms with Gasteiger partial charge in [-0.3, -0.25) is 0 Å². The number of rotatable bonds is 4. The number of piperidine rings is 3. The Morgan fingerprint density at radius 2 is 1.38 bits per heavy atom. The van der Waals surface area contributed by atoms with Crippen LogP contribution in [0.4, 0.5) is 4.79 Å². The molecule has 0 unspecified atom stereocenters. The Labute approximate surface area is 161 Å². The van der Waals surface area contributed by atoms with E-state index in [0.717, 1.165) is 49.9 Å². The van der Waals surface area contributed by atoms with E-state index in [1.54, 1.807) is 0 Å². The third-order valence-corrected chi connectivity index (χ3v) is 7.37. The van der Waals surface area contributed by atoms with E-state index in [1.165, 1.54) is 64.6 Å². The van der Waals surface area contributed by atoms with E-state index in [-0.39, 0.29) is 0 Å². The first-order chi connectivity index (χ1) is 12.5. The average molecular weight is 364 g/mol. The number of hydrogen-bond donors (Lipinski definition) is 0. The van der Waals surface area contributed by atoms with Crippen molar-refractivity contribution < 1.29 is 4.79 Å². The van der Waals surface area contributed by atoms with Gasteiger partial charge in [-0.15, -0.1) is 0 Å². The van der Waals surface area contributed by atoms with Crippen LogP contribution in [-0.4, -0.2) is 66.5 Å². The highest BCUT2D eigenvalue weighted by molar-refractivity contribution is 5.74. The maximum atomic E-state index is 12.7. The van der Waals surface area contributed by atoms with E-state index < -0.39 is 0 Å². The van der Waals surface area contributed by atoms with Gasteiger partial charge in [0, 0.05) is 26.2 Å². The SMILES string of the molecule is CC1CCN(C(=O)N2CCC(CCN3CCC(C(C)C)CC3)CC2)CC1. The molecule has 150 valence electrons. The summed E-state index contributed by atoms with van der Waals surface area (Å²) >= 11 is 0. The summed E-state index contributed by atoms with van der Waals surface area (Å²) in [4.78, 5) is 19.6. The molecule has 0 aromatic rings. The third-order valence-electron chi connectivity index (χ3n) is 7.37. The molecular formula is C22H41N3O. The lowest BCUT2D eigenvalue weighted by Gasteiger charge is -2.39. The predicted octanol–water partition coefficient (Wildman–Crippen LogP) is 4.31. The first kappa shape index (κ1) is 20.0. The van der Waals surface area contributed by atoms with E-state index in [0.29, 0.717) is 6.03 Å². The summed E-state index contributed by atoms with van der Waals surface area (Å²) in [5.41, 5.74) is 0. The largest absolute Gasteiger partial charge is 0.325 e. The van der Waals surface area contributed by atoms with Crippen molar-refractivity contribution in [2.24, 2.45) is 23.7 Å². The molecule has 0 aromatic heterocycles. The Kier molecular flexibility index (Phi) is 7.25. The molecule has 0 aliphatic carbocycles. The summed E-state index contributed by atoms with van der Waals surface area (Å²) in [6.45, 7) is 14.8. The van der Waals surface area contributed by atoms with Crippen molar-refractivity contribution >= 4 is 6.03 Å². The number of carbonyl (C=O) groups is 1. The quantitative estimate of drug-likeness (QED) is 0.744. The zero-order chi connectivity index (χ0) is 18.5. The highest BCUT2D eigenvalue weighted by atomic mass is 16.2. The minimum absolute atomic E-state index is 0.311. The lowest BCUT2D eigenvalue weighted by molar-refractivity contribution is 0.110. The number of likely N-dealkylation sites (tertiary alicyclic amines) is 3. The predicted molar refractivity (Wildman–Crippen MR) is 108 cm³/mol. The lowest BCUT2D eigenvalue weighted by Crippen LogP contribution is -2.49. The van der Waals surface area contributed by atoms with E-state index in [4.69, 9.17) is 0 Å². The molecular weight excluding hydrogens is 322 g/mol. The number of amides is 2. The van der Waals surface area contributed by atoms with Gasteiger partial charge in [0.25, 0.3) is 0 Å². The fourth-order valence-electron chi connectivity index (χ4n) is 5.02. The summed E-state index contributed by atoms with van der Waals surface area (Å²) in [5, 5.41) is 0. The van der Waals surface area contributed by atoms with Crippen LogP contribution in [0.1, 0.15) is 65.7 Å². The molecule has 0 atom stereocenters. The monoisotopic (exact) mass is 363 g/mol. The van der Waals surface area contributed by atoms with E-state index in [1.807, 2.05) is 0 Å². The molecule has 0 saturated carbocycles. The first-order valence-corrected chi connectivity index (χ1v) is 11.3. The van der Waals surface area contributed by atoms with Gasteiger partial charge < -0.3 is 14.7 Å². The maximum absolute atomic E-state index is 12.7. The number of urea groups is 1. The molecule has 4 nitrogen and oxygen atoms in total. The van der Waals surface area contributed by atoms with Crippen molar-refractivity contribution in [3.8, 4) is 0 Å². The average Bonchev–Trinajstić information content (AvgIpc) is 2.67. The molecule has 26 heavy (non-hydrogen) atoms. The van der Waals surface area contributed by atoms with Gasteiger partial charge in [0.05, 0.1) is 0 Å². The molecule has 0 aromatic carbocycles. The zero-order valence-corrected chi connectivity index (χ0v) is 17.5. The zero-order valence-electron chi connectivity index (χ0n) is 17.5. The van der Waals surface area contributed by atoms with Crippen LogP contribution in [0.2, 0.25) is 0 Å². The van der Waals surface area contributed by atoms with Crippen LogP contribution in [-0.2, 0) is 0 Å². The second-order valence-electron chi connectivity index (χ2n) is 9.59. The van der Waals surface area contributed by atoms with E-state index >= 15 is 0 Å². The van der Waals surface area contributed by atoms with Crippen molar-refractivity contribution in [2.45, 2.75) is 65.7 Å². The van der Waals surface area contributed by atoms with Gasteiger partial charge in [0.2, 0.25) is 0 Å². The summed E-state index contributed by atoms with van der Waals surface area (Å²) in [5.74, 6) is 3.40. The van der Waals surface area contributed by atoms with Crippen molar-refractivity contribution in [3.63, 3.8) is 0 Å². The van der Waals surface area contributed by atoms with Gasteiger partial charge in [0.15, 0.2) is 0 Å². The molecule has 0 radical (unpaired) electrons. The van der Waals surface area contributed by atoms with Gasteiger partial charge in [-0.25, -0.2) is 4.79 Å². The van der Waals surface area contributed by atoms with Crippen LogP contribution in [0.15, 0.2) is 0 Å². The normalized spacial score (nSPS) is 25.2. The molecule has 3 aliphatic rings. The van der Waals surface area contributed by atoms with Crippen molar-refractivity contribution in [1.29, 1.82) is 0 Å². The third kappa shape index (κ3) is 5.37. The molecule has 0 bridgehead atoms. The van der Waals surface area contributed by atoms with E-state index in [2.05, 4.69) is 35.5 Å². The Hall–Kier alpha value is -0.770. The summed E-state index contributed by atoms with van der Waals surface area (Å²) in [7, 11) is 0. The molecule has 3 saturated heterocycles. The Morgan fingerprint density at radius 1 is 0.846 bits per heavy atom. The van der Waals surface area contributed by atoms with Crippen LogP contribution in [0.3, 0.4) is 0 Å². The maximum Gasteiger partial charge on any atom is 0.319 e. The highest BCUT2D eigenvalue weighted by Gasteiger charge is 2.29. The van der Waals surface area contributed by atoms with Crippen molar-refractivity contribution in [1.82, 2.24) is 14.7 Å². The smallest absolute Gasteiger partial charge is 0.319 e. The van der Waals surface area contributed by atoms with Crippen LogP contribution in [0, 0.1) is 23.7 Å². The lowest BCUT2D eigenvalue weighted by atomic mass is 9.86. The second-order valence-corrected chi connectivity index (χ2v) is 9.59. The van der Waals surface area contributed by atoms with Gasteiger partial charge in [0.1, 0.15) is 0 Å². The molecule has 0 spiro atoms. The molecule has 3 heterocycles. The molecule has 2 amide bonds. The summed E-state index contributed by atoms with van der Waals surface area (Å²) < 4.78 is 0. The van der Waals surface area contributed by atoms with Crippen LogP contribution < -0.4 is 0 Å². The Morgan fingerprint density at radius 3 is 1.92 bits per heavy atom. The van der Waals surface area contributed by atoms with Crippen LogP contribution in [0.5, 0.6) is 0 Å². The van der Waals surface area contributed by atoms with Crippen molar-refractivity contribution in [2.75, 3.05) is 45.8 Å². The molecule has 4 heteroatoms. The molecule has 0 N–H and O–H groups in total. The molecule has 3 fully saturated rings. The fraction of sp³-hybridized carbons (Fsp3) is 0.955.